The molecule has 1 saturated heterocycles. The number of aliphatic imine (C=N–C) groups is 1. The van der Waals surface area contributed by atoms with Crippen LogP contribution in [0, 0.1) is 0 Å². The van der Waals surface area contributed by atoms with Gasteiger partial charge in [0.2, 0.25) is 0 Å². The molecule has 1 aliphatic rings. The van der Waals surface area contributed by atoms with E-state index in [0.717, 1.165) is 12.1 Å². The molecular formula is C18H15ClF3N3OS. The van der Waals surface area contributed by atoms with Gasteiger partial charge in [-0.05, 0) is 36.4 Å². The number of halogens is 4. The van der Waals surface area contributed by atoms with Crippen LogP contribution in [0.25, 0.3) is 0 Å². The molecule has 2 aromatic rings. The number of amides is 2. The minimum atomic E-state index is -4.47. The van der Waals surface area contributed by atoms with Crippen molar-refractivity contribution in [2.45, 2.75) is 18.3 Å². The molecule has 0 saturated carbocycles. The van der Waals surface area contributed by atoms with E-state index in [2.05, 4.69) is 10.3 Å². The topological polar surface area (TPSA) is 44.7 Å². The van der Waals surface area contributed by atoms with Gasteiger partial charge >= 0.3 is 12.2 Å². The molecule has 2 amide bonds. The molecular weight excluding hydrogens is 399 g/mol. The second-order valence-corrected chi connectivity index (χ2v) is 7.76. The third-order valence-electron chi connectivity index (χ3n) is 3.70. The van der Waals surface area contributed by atoms with E-state index in [4.69, 9.17) is 11.6 Å². The van der Waals surface area contributed by atoms with E-state index >= 15 is 0 Å². The molecule has 1 atom stereocenters. The van der Waals surface area contributed by atoms with Gasteiger partial charge in [-0.2, -0.15) is 13.2 Å². The van der Waals surface area contributed by atoms with Crippen LogP contribution in [-0.2, 0) is 6.18 Å². The van der Waals surface area contributed by atoms with E-state index in [1.807, 2.05) is 6.92 Å². The number of hydrogen-bond donors (Lipinski definition) is 1. The lowest BCUT2D eigenvalue weighted by molar-refractivity contribution is -0.137. The number of amidine groups is 1. The smallest absolute Gasteiger partial charge is 0.307 e. The fraction of sp³-hybridized carbons (Fsp3) is 0.222. The van der Waals surface area contributed by atoms with Crippen LogP contribution >= 0.6 is 23.4 Å². The number of carbonyl (C=O) groups excluding carboxylic acids is 1. The Morgan fingerprint density at radius 3 is 2.70 bits per heavy atom. The predicted octanol–water partition coefficient (Wildman–Crippen LogP) is 6.02. The Labute approximate surface area is 163 Å². The van der Waals surface area contributed by atoms with Gasteiger partial charge in [-0.25, -0.2) is 9.79 Å². The summed E-state index contributed by atoms with van der Waals surface area (Å²) in [6.45, 7) is 2.34. The molecule has 1 heterocycles. The van der Waals surface area contributed by atoms with Gasteiger partial charge in [-0.15, -0.1) is 0 Å². The lowest BCUT2D eigenvalue weighted by Gasteiger charge is -2.17. The molecule has 0 radical (unpaired) electrons. The first-order valence-electron chi connectivity index (χ1n) is 7.99. The lowest BCUT2D eigenvalue weighted by Crippen LogP contribution is -2.36. The van der Waals surface area contributed by atoms with Gasteiger partial charge in [0.25, 0.3) is 0 Å². The number of carbonyl (C=O) groups is 1. The van der Waals surface area contributed by atoms with Crippen LogP contribution in [0.2, 0.25) is 5.02 Å². The van der Waals surface area contributed by atoms with Crippen LogP contribution in [0.1, 0.15) is 12.5 Å². The monoisotopic (exact) mass is 413 g/mol. The highest BCUT2D eigenvalue weighted by Crippen LogP contribution is 2.32. The van der Waals surface area contributed by atoms with Crippen LogP contribution in [-0.4, -0.2) is 27.9 Å². The van der Waals surface area contributed by atoms with Crippen molar-refractivity contribution in [1.82, 2.24) is 4.90 Å². The van der Waals surface area contributed by atoms with E-state index in [-0.39, 0.29) is 10.9 Å². The number of rotatable bonds is 2. The van der Waals surface area contributed by atoms with Crippen molar-refractivity contribution in [3.63, 3.8) is 0 Å². The quantitative estimate of drug-likeness (QED) is 0.654. The molecule has 142 valence electrons. The second kappa shape index (κ2) is 7.82. The zero-order valence-electron chi connectivity index (χ0n) is 14.1. The van der Waals surface area contributed by atoms with Gasteiger partial charge in [0.15, 0.2) is 5.17 Å². The number of nitrogens with zero attached hydrogens (tertiary/aromatic N) is 2. The maximum absolute atomic E-state index is 12.8. The highest BCUT2D eigenvalue weighted by Gasteiger charge is 2.32. The van der Waals surface area contributed by atoms with Crippen LogP contribution in [0.3, 0.4) is 0 Å². The fourth-order valence-corrected chi connectivity index (χ4v) is 3.70. The Bertz CT molecular complexity index is 888. The predicted molar refractivity (Wildman–Crippen MR) is 103 cm³/mol. The molecule has 3 rings (SSSR count). The fourth-order valence-electron chi connectivity index (χ4n) is 2.49. The van der Waals surface area contributed by atoms with Crippen LogP contribution < -0.4 is 5.32 Å². The first kappa shape index (κ1) is 19.6. The molecule has 0 spiro atoms. The molecule has 4 nitrogen and oxygen atoms in total. The maximum Gasteiger partial charge on any atom is 0.416 e. The van der Waals surface area contributed by atoms with Crippen LogP contribution in [0.15, 0.2) is 53.5 Å². The van der Waals surface area contributed by atoms with Crippen LogP contribution in [0.5, 0.6) is 0 Å². The molecule has 0 unspecified atom stereocenters. The van der Waals surface area contributed by atoms with E-state index in [0.29, 0.717) is 22.4 Å². The van der Waals surface area contributed by atoms with Gasteiger partial charge in [0.05, 0.1) is 11.3 Å². The Morgan fingerprint density at radius 2 is 2.00 bits per heavy atom. The highest BCUT2D eigenvalue weighted by molar-refractivity contribution is 8.14. The molecule has 0 bridgehead atoms. The van der Waals surface area contributed by atoms with Crippen molar-refractivity contribution in [1.29, 1.82) is 0 Å². The lowest BCUT2D eigenvalue weighted by atomic mass is 10.2. The number of thioether (sulfide) groups is 1. The van der Waals surface area contributed by atoms with E-state index < -0.39 is 17.8 Å². The van der Waals surface area contributed by atoms with E-state index in [1.54, 1.807) is 24.3 Å². The largest absolute Gasteiger partial charge is 0.416 e. The molecule has 0 aliphatic carbocycles. The first-order chi connectivity index (χ1) is 12.7. The van der Waals surface area contributed by atoms with Crippen molar-refractivity contribution in [2.24, 2.45) is 4.99 Å². The van der Waals surface area contributed by atoms with Crippen molar-refractivity contribution in [2.75, 3.05) is 11.9 Å². The summed E-state index contributed by atoms with van der Waals surface area (Å²) >= 11 is 7.37. The van der Waals surface area contributed by atoms with Crippen molar-refractivity contribution >= 4 is 45.9 Å². The molecule has 1 fully saturated rings. The van der Waals surface area contributed by atoms with Crippen molar-refractivity contribution < 1.29 is 18.0 Å². The van der Waals surface area contributed by atoms with Gasteiger partial charge in [0, 0.05) is 22.5 Å². The molecule has 1 aliphatic heterocycles. The second-order valence-electron chi connectivity index (χ2n) is 5.92. The number of urea groups is 1. The third-order valence-corrected chi connectivity index (χ3v) is 5.01. The molecule has 9 heteroatoms. The van der Waals surface area contributed by atoms with Gasteiger partial charge in [0.1, 0.15) is 0 Å². The maximum atomic E-state index is 12.8. The SMILES string of the molecule is C[C@H]1CN(C(=O)Nc2cccc(C(F)(F)F)c2)C(=Nc2cccc(Cl)c2)S1. The molecule has 27 heavy (non-hydrogen) atoms. The Morgan fingerprint density at radius 1 is 1.26 bits per heavy atom. The Balaban J connectivity index is 1.80. The normalized spacial score (nSPS) is 18.8. The third kappa shape index (κ3) is 4.95. The Hall–Kier alpha value is -2.19. The average Bonchev–Trinajstić information content (AvgIpc) is 2.95. The van der Waals surface area contributed by atoms with Crippen LogP contribution in [0.4, 0.5) is 29.3 Å². The minimum absolute atomic E-state index is 0.0708. The first-order valence-corrected chi connectivity index (χ1v) is 9.25. The van der Waals surface area contributed by atoms with Crippen molar-refractivity contribution in [3.05, 3.63) is 59.1 Å². The standard InChI is InChI=1S/C18H15ClF3N3OS/c1-11-10-25(17(27-11)24-15-7-3-5-13(19)9-15)16(26)23-14-6-2-4-12(8-14)18(20,21)22/h2-9,11H,10H2,1H3,(H,23,26)/t11-/m0/s1. The summed E-state index contributed by atoms with van der Waals surface area (Å²) in [6.07, 6.45) is -4.47. The zero-order chi connectivity index (χ0) is 19.6. The molecule has 2 aromatic carbocycles. The number of benzene rings is 2. The zero-order valence-corrected chi connectivity index (χ0v) is 15.7. The van der Waals surface area contributed by atoms with Gasteiger partial charge in [-0.1, -0.05) is 42.4 Å². The summed E-state index contributed by atoms with van der Waals surface area (Å²) in [6, 6.07) is 10.9. The van der Waals surface area contributed by atoms with E-state index in [9.17, 15) is 18.0 Å². The highest BCUT2D eigenvalue weighted by atomic mass is 35.5. The van der Waals surface area contributed by atoms with Gasteiger partial charge < -0.3 is 5.32 Å². The summed E-state index contributed by atoms with van der Waals surface area (Å²) < 4.78 is 38.5. The number of nitrogens with one attached hydrogen (secondary N) is 1. The summed E-state index contributed by atoms with van der Waals surface area (Å²) in [5.74, 6) is 0. The summed E-state index contributed by atoms with van der Waals surface area (Å²) in [5.41, 5.74) is -0.158. The molecule has 0 aromatic heterocycles. The Kier molecular flexibility index (Phi) is 5.67. The summed E-state index contributed by atoms with van der Waals surface area (Å²) in [4.78, 5) is 18.5. The summed E-state index contributed by atoms with van der Waals surface area (Å²) in [7, 11) is 0. The number of hydrogen-bond acceptors (Lipinski definition) is 3. The minimum Gasteiger partial charge on any atom is -0.307 e. The summed E-state index contributed by atoms with van der Waals surface area (Å²) in [5, 5.41) is 3.61. The number of anilines is 1. The van der Waals surface area contributed by atoms with Gasteiger partial charge in [-0.3, -0.25) is 4.90 Å². The number of alkyl halides is 3. The average molecular weight is 414 g/mol. The van der Waals surface area contributed by atoms with E-state index in [1.165, 1.54) is 28.8 Å². The van der Waals surface area contributed by atoms with Crippen molar-refractivity contribution in [3.8, 4) is 0 Å². The molecule has 1 N–H and O–H groups in total.